The Kier molecular flexibility index (Phi) is 5.14. The quantitative estimate of drug-likeness (QED) is 0.590. The largest absolute Gasteiger partial charge is 0.467 e. The van der Waals surface area contributed by atoms with Gasteiger partial charge in [0.25, 0.3) is 0 Å². The van der Waals surface area contributed by atoms with Crippen LogP contribution in [0.1, 0.15) is 12.7 Å². The molecule has 0 N–H and O–H groups in total. The highest BCUT2D eigenvalue weighted by Gasteiger charge is 2.19. The summed E-state index contributed by atoms with van der Waals surface area (Å²) >= 11 is 13.6. The van der Waals surface area contributed by atoms with Crippen LogP contribution in [0.25, 0.3) is 11.4 Å². The third-order valence-corrected chi connectivity index (χ3v) is 4.77. The fourth-order valence-electron chi connectivity index (χ4n) is 2.13. The van der Waals surface area contributed by atoms with Gasteiger partial charge in [-0.1, -0.05) is 35.0 Å². The first-order valence-corrected chi connectivity index (χ1v) is 8.69. The van der Waals surface area contributed by atoms with E-state index in [2.05, 4.69) is 16.3 Å². The Bertz CT molecular complexity index is 886. The number of rotatable bonds is 5. The minimum Gasteiger partial charge on any atom is -0.467 e. The van der Waals surface area contributed by atoms with Crippen molar-refractivity contribution in [3.8, 4) is 17.5 Å². The molecule has 5 nitrogen and oxygen atoms in total. The van der Waals surface area contributed by atoms with E-state index in [4.69, 9.17) is 32.9 Å². The second-order valence-electron chi connectivity index (χ2n) is 4.99. The smallest absolute Gasteiger partial charge is 0.193 e. The summed E-state index contributed by atoms with van der Waals surface area (Å²) in [5.74, 6) is 1.35. The van der Waals surface area contributed by atoms with Crippen molar-refractivity contribution in [1.29, 1.82) is 5.26 Å². The Labute approximate surface area is 153 Å². The van der Waals surface area contributed by atoms with Gasteiger partial charge in [-0.25, -0.2) is 0 Å². The maximum atomic E-state index is 9.06. The van der Waals surface area contributed by atoms with Crippen molar-refractivity contribution < 1.29 is 4.42 Å². The maximum absolute atomic E-state index is 9.06. The van der Waals surface area contributed by atoms with E-state index in [1.54, 1.807) is 24.5 Å². The van der Waals surface area contributed by atoms with Gasteiger partial charge >= 0.3 is 0 Å². The van der Waals surface area contributed by atoms with E-state index in [9.17, 15) is 0 Å². The number of hydrogen-bond donors (Lipinski definition) is 0. The summed E-state index contributed by atoms with van der Waals surface area (Å²) in [5, 5.41) is 18.9. The number of hydrogen-bond acceptors (Lipinski definition) is 5. The first kappa shape index (κ1) is 16.9. The molecule has 3 rings (SSSR count). The Morgan fingerprint density at radius 3 is 2.83 bits per heavy atom. The molecule has 0 radical (unpaired) electrons. The molecule has 2 heterocycles. The molecule has 0 spiro atoms. The Morgan fingerprint density at radius 1 is 1.33 bits per heavy atom. The number of aromatic nitrogens is 3. The number of thioether (sulfide) groups is 1. The number of halogens is 2. The molecule has 0 bridgehead atoms. The lowest BCUT2D eigenvalue weighted by atomic mass is 10.2. The predicted octanol–water partition coefficient (Wildman–Crippen LogP) is 4.90. The molecule has 0 fully saturated rings. The van der Waals surface area contributed by atoms with Crippen LogP contribution in [0.2, 0.25) is 10.0 Å². The highest BCUT2D eigenvalue weighted by atomic mass is 35.5. The standard InChI is InChI=1S/C16H12Cl2N4OS/c1-10(8-19)24-16-21-20-15(13-5-4-11(17)7-14(13)18)22(16)9-12-3-2-6-23-12/h2-7,10H,9H2,1H3. The summed E-state index contributed by atoms with van der Waals surface area (Å²) in [7, 11) is 0. The molecule has 0 saturated heterocycles. The third-order valence-electron chi connectivity index (χ3n) is 3.25. The summed E-state index contributed by atoms with van der Waals surface area (Å²) in [6.45, 7) is 2.25. The summed E-state index contributed by atoms with van der Waals surface area (Å²) in [4.78, 5) is 0. The summed E-state index contributed by atoms with van der Waals surface area (Å²) < 4.78 is 7.31. The molecule has 8 heteroatoms. The molecular formula is C16H12Cl2N4OS. The molecular weight excluding hydrogens is 367 g/mol. The SMILES string of the molecule is CC(C#N)Sc1nnc(-c2ccc(Cl)cc2Cl)n1Cc1ccco1. The van der Waals surface area contributed by atoms with Crippen LogP contribution in [0.3, 0.4) is 0 Å². The minimum absolute atomic E-state index is 0.252. The van der Waals surface area contributed by atoms with Crippen LogP contribution in [0, 0.1) is 11.3 Å². The van der Waals surface area contributed by atoms with Gasteiger partial charge in [-0.15, -0.1) is 10.2 Å². The molecule has 24 heavy (non-hydrogen) atoms. The monoisotopic (exact) mass is 378 g/mol. The van der Waals surface area contributed by atoms with Gasteiger partial charge in [-0.2, -0.15) is 5.26 Å². The van der Waals surface area contributed by atoms with Crippen molar-refractivity contribution in [2.75, 3.05) is 0 Å². The molecule has 1 unspecified atom stereocenters. The van der Waals surface area contributed by atoms with Gasteiger partial charge in [0, 0.05) is 10.6 Å². The molecule has 1 atom stereocenters. The highest BCUT2D eigenvalue weighted by Crippen LogP contribution is 2.32. The Hall–Kier alpha value is -1.94. The van der Waals surface area contributed by atoms with Crippen LogP contribution in [0.15, 0.2) is 46.2 Å². The molecule has 1 aromatic carbocycles. The van der Waals surface area contributed by atoms with Crippen molar-refractivity contribution in [3.05, 3.63) is 52.4 Å². The van der Waals surface area contributed by atoms with Crippen molar-refractivity contribution in [1.82, 2.24) is 14.8 Å². The van der Waals surface area contributed by atoms with E-state index < -0.39 is 0 Å². The van der Waals surface area contributed by atoms with Crippen LogP contribution < -0.4 is 0 Å². The van der Waals surface area contributed by atoms with Crippen molar-refractivity contribution >= 4 is 35.0 Å². The topological polar surface area (TPSA) is 67.6 Å². The second-order valence-corrected chi connectivity index (χ2v) is 7.14. The average Bonchev–Trinajstić information content (AvgIpc) is 3.19. The van der Waals surface area contributed by atoms with Gasteiger partial charge in [-0.05, 0) is 37.3 Å². The Balaban J connectivity index is 2.06. The van der Waals surface area contributed by atoms with Gasteiger partial charge in [0.05, 0.1) is 29.1 Å². The molecule has 0 aliphatic carbocycles. The van der Waals surface area contributed by atoms with E-state index in [1.165, 1.54) is 11.8 Å². The highest BCUT2D eigenvalue weighted by molar-refractivity contribution is 8.00. The maximum Gasteiger partial charge on any atom is 0.193 e. The molecule has 122 valence electrons. The Morgan fingerprint density at radius 2 is 2.17 bits per heavy atom. The third kappa shape index (κ3) is 3.59. The van der Waals surface area contributed by atoms with Crippen LogP contribution >= 0.6 is 35.0 Å². The average molecular weight is 379 g/mol. The van der Waals surface area contributed by atoms with Crippen molar-refractivity contribution in [3.63, 3.8) is 0 Å². The number of nitriles is 1. The van der Waals surface area contributed by atoms with Crippen LogP contribution in [0.4, 0.5) is 0 Å². The predicted molar refractivity (Wildman–Crippen MR) is 94.2 cm³/mol. The summed E-state index contributed by atoms with van der Waals surface area (Å²) in [6.07, 6.45) is 1.61. The second kappa shape index (κ2) is 7.31. The molecule has 0 aliphatic heterocycles. The van der Waals surface area contributed by atoms with Crippen molar-refractivity contribution in [2.24, 2.45) is 0 Å². The lowest BCUT2D eigenvalue weighted by molar-refractivity contribution is 0.485. The zero-order chi connectivity index (χ0) is 17.1. The van der Waals surface area contributed by atoms with Gasteiger partial charge in [0.1, 0.15) is 5.76 Å². The van der Waals surface area contributed by atoms with E-state index in [0.29, 0.717) is 27.6 Å². The van der Waals surface area contributed by atoms with Crippen LogP contribution in [-0.4, -0.2) is 20.0 Å². The first-order chi connectivity index (χ1) is 11.6. The number of benzene rings is 1. The van der Waals surface area contributed by atoms with Crippen LogP contribution in [0.5, 0.6) is 0 Å². The van der Waals surface area contributed by atoms with Gasteiger partial charge < -0.3 is 4.42 Å². The molecule has 0 saturated carbocycles. The zero-order valence-electron chi connectivity index (χ0n) is 12.6. The van der Waals surface area contributed by atoms with Crippen molar-refractivity contribution in [2.45, 2.75) is 23.9 Å². The normalized spacial score (nSPS) is 12.1. The zero-order valence-corrected chi connectivity index (χ0v) is 14.9. The molecule has 3 aromatic rings. The van der Waals surface area contributed by atoms with Gasteiger partial charge in [-0.3, -0.25) is 4.57 Å². The lowest BCUT2D eigenvalue weighted by Gasteiger charge is -2.10. The molecule has 0 aliphatic rings. The summed E-state index contributed by atoms with van der Waals surface area (Å²) in [5.41, 5.74) is 0.719. The fraction of sp³-hybridized carbons (Fsp3) is 0.188. The van der Waals surface area contributed by atoms with Crippen LogP contribution in [-0.2, 0) is 6.54 Å². The lowest BCUT2D eigenvalue weighted by Crippen LogP contribution is -2.05. The van der Waals surface area contributed by atoms with E-state index in [1.807, 2.05) is 23.6 Å². The fourth-order valence-corrected chi connectivity index (χ4v) is 3.36. The van der Waals surface area contributed by atoms with Gasteiger partial charge in [0.15, 0.2) is 11.0 Å². The molecule has 0 amide bonds. The number of nitrogens with zero attached hydrogens (tertiary/aromatic N) is 4. The van der Waals surface area contributed by atoms with E-state index in [0.717, 1.165) is 11.3 Å². The minimum atomic E-state index is -0.252. The van der Waals surface area contributed by atoms with E-state index in [-0.39, 0.29) is 5.25 Å². The first-order valence-electron chi connectivity index (χ1n) is 7.05. The van der Waals surface area contributed by atoms with Gasteiger partial charge in [0.2, 0.25) is 0 Å². The molecule has 2 aromatic heterocycles. The number of furan rings is 1. The van der Waals surface area contributed by atoms with E-state index >= 15 is 0 Å². The summed E-state index contributed by atoms with van der Waals surface area (Å²) in [6, 6.07) is 11.1.